The van der Waals surface area contributed by atoms with Gasteiger partial charge in [0.2, 0.25) is 0 Å². The molecule has 0 saturated carbocycles. The number of hydrogen-bond donors (Lipinski definition) is 0. The van der Waals surface area contributed by atoms with Gasteiger partial charge >= 0.3 is 0 Å². The standard InChI is InChI=1S/C18H20Cl2O3/c1-12-5-6-16(17(11-12)21-3)22-7-4-8-23-18-14(19)9-13(2)10-15(18)20/h5-6,9-11H,4,7-8H2,1-3H3. The molecular weight excluding hydrogens is 335 g/mol. The fourth-order valence-electron chi connectivity index (χ4n) is 2.13. The molecule has 5 heteroatoms. The van der Waals surface area contributed by atoms with E-state index in [1.54, 1.807) is 7.11 Å². The van der Waals surface area contributed by atoms with Gasteiger partial charge in [0.1, 0.15) is 0 Å². The van der Waals surface area contributed by atoms with Crippen LogP contribution < -0.4 is 14.2 Å². The van der Waals surface area contributed by atoms with E-state index in [0.29, 0.717) is 35.4 Å². The van der Waals surface area contributed by atoms with Gasteiger partial charge in [0.25, 0.3) is 0 Å². The second-order valence-electron chi connectivity index (χ2n) is 5.26. The molecule has 0 aliphatic carbocycles. The van der Waals surface area contributed by atoms with Crippen LogP contribution in [-0.2, 0) is 0 Å². The summed E-state index contributed by atoms with van der Waals surface area (Å²) in [5.41, 5.74) is 2.13. The first-order chi connectivity index (χ1) is 11.0. The number of rotatable bonds is 7. The van der Waals surface area contributed by atoms with Gasteiger partial charge in [-0.25, -0.2) is 0 Å². The molecule has 0 aliphatic heterocycles. The smallest absolute Gasteiger partial charge is 0.161 e. The Bertz CT molecular complexity index is 648. The summed E-state index contributed by atoms with van der Waals surface area (Å²) in [5.74, 6) is 1.98. The summed E-state index contributed by atoms with van der Waals surface area (Å²) in [6.45, 7) is 4.93. The minimum atomic E-state index is 0.469. The Morgan fingerprint density at radius 2 is 1.48 bits per heavy atom. The van der Waals surface area contributed by atoms with Crippen molar-refractivity contribution in [3.8, 4) is 17.2 Å². The van der Waals surface area contributed by atoms with Crippen LogP contribution in [0, 0.1) is 13.8 Å². The number of hydrogen-bond acceptors (Lipinski definition) is 3. The Hall–Kier alpha value is -1.58. The second-order valence-corrected chi connectivity index (χ2v) is 6.08. The zero-order valence-electron chi connectivity index (χ0n) is 13.5. The molecule has 3 nitrogen and oxygen atoms in total. The van der Waals surface area contributed by atoms with Gasteiger partial charge in [0.15, 0.2) is 17.2 Å². The van der Waals surface area contributed by atoms with E-state index in [2.05, 4.69) is 0 Å². The molecule has 23 heavy (non-hydrogen) atoms. The highest BCUT2D eigenvalue weighted by atomic mass is 35.5. The molecule has 0 aliphatic rings. The number of aryl methyl sites for hydroxylation is 2. The molecule has 0 amide bonds. The van der Waals surface area contributed by atoms with Crippen LogP contribution in [0.3, 0.4) is 0 Å². The van der Waals surface area contributed by atoms with E-state index < -0.39 is 0 Å². The van der Waals surface area contributed by atoms with Crippen molar-refractivity contribution in [2.45, 2.75) is 20.3 Å². The first-order valence-electron chi connectivity index (χ1n) is 7.37. The van der Waals surface area contributed by atoms with Crippen molar-refractivity contribution < 1.29 is 14.2 Å². The van der Waals surface area contributed by atoms with Crippen molar-refractivity contribution in [2.24, 2.45) is 0 Å². The van der Waals surface area contributed by atoms with Crippen LogP contribution >= 0.6 is 23.2 Å². The van der Waals surface area contributed by atoms with E-state index in [1.807, 2.05) is 44.2 Å². The van der Waals surface area contributed by atoms with Crippen LogP contribution in [0.25, 0.3) is 0 Å². The van der Waals surface area contributed by atoms with Crippen LogP contribution in [0.4, 0.5) is 0 Å². The lowest BCUT2D eigenvalue weighted by Crippen LogP contribution is -2.06. The summed E-state index contributed by atoms with van der Waals surface area (Å²) in [7, 11) is 1.63. The van der Waals surface area contributed by atoms with Crippen LogP contribution in [0.2, 0.25) is 10.0 Å². The highest BCUT2D eigenvalue weighted by Crippen LogP contribution is 2.34. The number of methoxy groups -OCH3 is 1. The van der Waals surface area contributed by atoms with E-state index in [-0.39, 0.29) is 0 Å². The third-order valence-electron chi connectivity index (χ3n) is 3.25. The van der Waals surface area contributed by atoms with Gasteiger partial charge in [-0.2, -0.15) is 0 Å². The molecule has 2 rings (SSSR count). The predicted octanol–water partition coefficient (Wildman–Crippen LogP) is 5.47. The normalized spacial score (nSPS) is 10.5. The van der Waals surface area contributed by atoms with E-state index in [4.69, 9.17) is 37.4 Å². The lowest BCUT2D eigenvalue weighted by atomic mass is 10.2. The van der Waals surface area contributed by atoms with Gasteiger partial charge in [0, 0.05) is 6.42 Å². The molecule has 0 bridgehead atoms. The fraction of sp³-hybridized carbons (Fsp3) is 0.333. The number of ether oxygens (including phenoxy) is 3. The zero-order valence-corrected chi connectivity index (χ0v) is 15.0. The average Bonchev–Trinajstić information content (AvgIpc) is 2.50. The molecule has 0 N–H and O–H groups in total. The van der Waals surface area contributed by atoms with E-state index >= 15 is 0 Å². The van der Waals surface area contributed by atoms with Gasteiger partial charge < -0.3 is 14.2 Å². The maximum Gasteiger partial charge on any atom is 0.161 e. The van der Waals surface area contributed by atoms with Crippen molar-refractivity contribution in [3.05, 3.63) is 51.5 Å². The van der Waals surface area contributed by atoms with Crippen molar-refractivity contribution in [3.63, 3.8) is 0 Å². The van der Waals surface area contributed by atoms with Crippen LogP contribution in [0.15, 0.2) is 30.3 Å². The first-order valence-corrected chi connectivity index (χ1v) is 8.12. The van der Waals surface area contributed by atoms with Crippen molar-refractivity contribution in [1.82, 2.24) is 0 Å². The Balaban J connectivity index is 1.83. The third-order valence-corrected chi connectivity index (χ3v) is 3.82. The molecule has 0 radical (unpaired) electrons. The summed E-state index contributed by atoms with van der Waals surface area (Å²) < 4.78 is 16.7. The van der Waals surface area contributed by atoms with Crippen LogP contribution in [0.5, 0.6) is 17.2 Å². The molecule has 2 aromatic carbocycles. The summed E-state index contributed by atoms with van der Waals surface area (Å²) in [6.07, 6.45) is 0.706. The van der Waals surface area contributed by atoms with Crippen LogP contribution in [0.1, 0.15) is 17.5 Å². The minimum Gasteiger partial charge on any atom is -0.493 e. The van der Waals surface area contributed by atoms with Gasteiger partial charge in [-0.05, 0) is 49.2 Å². The van der Waals surface area contributed by atoms with Crippen molar-refractivity contribution in [2.75, 3.05) is 20.3 Å². The Labute approximate surface area is 147 Å². The average molecular weight is 355 g/mol. The Morgan fingerprint density at radius 1 is 0.826 bits per heavy atom. The highest BCUT2D eigenvalue weighted by molar-refractivity contribution is 6.37. The lowest BCUT2D eigenvalue weighted by Gasteiger charge is -2.13. The molecule has 0 aromatic heterocycles. The number of halogens is 2. The molecule has 0 atom stereocenters. The quantitative estimate of drug-likeness (QED) is 0.617. The largest absolute Gasteiger partial charge is 0.493 e. The summed E-state index contributed by atoms with van der Waals surface area (Å²) in [4.78, 5) is 0. The molecular formula is C18H20Cl2O3. The maximum atomic E-state index is 6.14. The van der Waals surface area contributed by atoms with Crippen LogP contribution in [-0.4, -0.2) is 20.3 Å². The Morgan fingerprint density at radius 3 is 2.13 bits per heavy atom. The molecule has 124 valence electrons. The monoisotopic (exact) mass is 354 g/mol. The maximum absolute atomic E-state index is 6.14. The van der Waals surface area contributed by atoms with E-state index in [9.17, 15) is 0 Å². The molecule has 0 spiro atoms. The van der Waals surface area contributed by atoms with Crippen molar-refractivity contribution >= 4 is 23.2 Å². The van der Waals surface area contributed by atoms with E-state index in [1.165, 1.54) is 0 Å². The highest BCUT2D eigenvalue weighted by Gasteiger charge is 2.09. The lowest BCUT2D eigenvalue weighted by molar-refractivity contribution is 0.240. The Kier molecular flexibility index (Phi) is 6.43. The van der Waals surface area contributed by atoms with Gasteiger partial charge in [-0.15, -0.1) is 0 Å². The molecule has 0 saturated heterocycles. The van der Waals surface area contributed by atoms with Gasteiger partial charge in [-0.1, -0.05) is 29.3 Å². The topological polar surface area (TPSA) is 27.7 Å². The van der Waals surface area contributed by atoms with E-state index in [0.717, 1.165) is 22.6 Å². The summed E-state index contributed by atoms with van der Waals surface area (Å²) >= 11 is 12.3. The summed E-state index contributed by atoms with van der Waals surface area (Å²) in [6, 6.07) is 9.49. The first kappa shape index (κ1) is 17.8. The van der Waals surface area contributed by atoms with Crippen molar-refractivity contribution in [1.29, 1.82) is 0 Å². The summed E-state index contributed by atoms with van der Waals surface area (Å²) in [5, 5.41) is 1.05. The second kappa shape index (κ2) is 8.32. The molecule has 0 unspecified atom stereocenters. The zero-order chi connectivity index (χ0) is 16.8. The molecule has 0 heterocycles. The predicted molar refractivity (Wildman–Crippen MR) is 94.5 cm³/mol. The van der Waals surface area contributed by atoms with Gasteiger partial charge in [-0.3, -0.25) is 0 Å². The fourth-order valence-corrected chi connectivity index (χ4v) is 2.84. The van der Waals surface area contributed by atoms with Gasteiger partial charge in [0.05, 0.1) is 30.4 Å². The number of benzene rings is 2. The molecule has 0 fully saturated rings. The third kappa shape index (κ3) is 4.95. The molecule has 2 aromatic rings. The minimum absolute atomic E-state index is 0.469. The SMILES string of the molecule is COc1cc(C)ccc1OCCCOc1c(Cl)cc(C)cc1Cl.